The normalized spacial score (nSPS) is 16.3. The number of ether oxygens (including phenoxy) is 1. The molecule has 0 bridgehead atoms. The van der Waals surface area contributed by atoms with E-state index in [4.69, 9.17) is 9.72 Å². The molecule has 0 spiro atoms. The van der Waals surface area contributed by atoms with Gasteiger partial charge in [-0.05, 0) is 30.7 Å². The second-order valence-electron chi connectivity index (χ2n) is 5.39. The van der Waals surface area contributed by atoms with Gasteiger partial charge in [-0.3, -0.25) is 0 Å². The molecule has 1 fully saturated rings. The number of anilines is 2. The van der Waals surface area contributed by atoms with E-state index in [1.54, 1.807) is 11.3 Å². The first-order valence-electron chi connectivity index (χ1n) is 7.59. The zero-order chi connectivity index (χ0) is 14.7. The third-order valence-electron chi connectivity index (χ3n) is 3.91. The monoisotopic (exact) mass is 306 g/mol. The van der Waals surface area contributed by atoms with Gasteiger partial charge in [-0.25, -0.2) is 4.98 Å². The van der Waals surface area contributed by atoms with Crippen molar-refractivity contribution < 1.29 is 4.74 Å². The molecule has 114 valence electrons. The zero-order valence-corrected chi connectivity index (χ0v) is 13.4. The Morgan fingerprint density at radius 2 is 2.19 bits per heavy atom. The average molecular weight is 306 g/mol. The summed E-state index contributed by atoms with van der Waals surface area (Å²) in [5.74, 6) is 1.77. The molecule has 2 aromatic heterocycles. The molecular formula is C15H22N4OS. The lowest BCUT2D eigenvalue weighted by atomic mass is 10.1. The fourth-order valence-corrected chi connectivity index (χ4v) is 3.43. The molecule has 0 unspecified atom stereocenters. The van der Waals surface area contributed by atoms with Crippen LogP contribution in [-0.2, 0) is 4.74 Å². The highest BCUT2D eigenvalue weighted by Gasteiger charge is 2.22. The van der Waals surface area contributed by atoms with Gasteiger partial charge in [-0.2, -0.15) is 4.98 Å². The Bertz CT molecular complexity index is 594. The molecule has 1 N–H and O–H groups in total. The van der Waals surface area contributed by atoms with Crippen molar-refractivity contribution in [2.24, 2.45) is 0 Å². The first kappa shape index (κ1) is 14.5. The Kier molecular flexibility index (Phi) is 4.55. The highest BCUT2D eigenvalue weighted by Crippen LogP contribution is 2.31. The number of nitrogens with one attached hydrogen (secondary N) is 1. The van der Waals surface area contributed by atoms with E-state index in [1.165, 1.54) is 0 Å². The second-order valence-corrected chi connectivity index (χ2v) is 6.29. The molecule has 0 atom stereocenters. The van der Waals surface area contributed by atoms with Crippen LogP contribution in [-0.4, -0.2) is 42.8 Å². The summed E-state index contributed by atoms with van der Waals surface area (Å²) in [5.41, 5.74) is 0. The lowest BCUT2D eigenvalue weighted by molar-refractivity contribution is 0.0854. The molecule has 1 aliphatic rings. The van der Waals surface area contributed by atoms with Crippen molar-refractivity contribution in [1.82, 2.24) is 9.97 Å². The average Bonchev–Trinajstić information content (AvgIpc) is 3.00. The predicted octanol–water partition coefficient (Wildman–Crippen LogP) is 3.13. The number of nitrogens with zero attached hydrogens (tertiary/aromatic N) is 3. The minimum atomic E-state index is 0.496. The predicted molar refractivity (Wildman–Crippen MR) is 88.4 cm³/mol. The molecule has 2 aromatic rings. The molecule has 1 aliphatic heterocycles. The van der Waals surface area contributed by atoms with Crippen LogP contribution < -0.4 is 10.2 Å². The van der Waals surface area contributed by atoms with Gasteiger partial charge in [0, 0.05) is 32.8 Å². The molecule has 0 amide bonds. The van der Waals surface area contributed by atoms with Crippen LogP contribution in [0, 0.1) is 0 Å². The van der Waals surface area contributed by atoms with E-state index in [0.717, 1.165) is 61.0 Å². The van der Waals surface area contributed by atoms with Gasteiger partial charge in [0.15, 0.2) is 0 Å². The fraction of sp³-hybridized carbons (Fsp3) is 0.600. The molecular weight excluding hydrogens is 284 g/mol. The first-order chi connectivity index (χ1) is 10.3. The lowest BCUT2D eigenvalue weighted by Gasteiger charge is -2.32. The highest BCUT2D eigenvalue weighted by atomic mass is 32.1. The number of aromatic nitrogens is 2. The van der Waals surface area contributed by atoms with Crippen molar-refractivity contribution in [2.75, 3.05) is 37.0 Å². The molecule has 6 heteroatoms. The standard InChI is InChI=1S/C15H22N4OS/c1-3-7-16-15-17-13(12-6-10-21-14(12)18-15)19(2)11-4-8-20-9-5-11/h6,10-11H,3-5,7-9H2,1-2H3,(H,16,17,18). The Balaban J connectivity index is 1.92. The third kappa shape index (κ3) is 3.11. The summed E-state index contributed by atoms with van der Waals surface area (Å²) < 4.78 is 5.47. The van der Waals surface area contributed by atoms with Crippen LogP contribution in [0.4, 0.5) is 11.8 Å². The number of hydrogen-bond donors (Lipinski definition) is 1. The number of fused-ring (bicyclic) bond motifs is 1. The van der Waals surface area contributed by atoms with Crippen molar-refractivity contribution >= 4 is 33.3 Å². The van der Waals surface area contributed by atoms with Crippen LogP contribution in [0.15, 0.2) is 11.4 Å². The van der Waals surface area contributed by atoms with Gasteiger partial charge in [-0.15, -0.1) is 11.3 Å². The zero-order valence-electron chi connectivity index (χ0n) is 12.6. The van der Waals surface area contributed by atoms with E-state index < -0.39 is 0 Å². The third-order valence-corrected chi connectivity index (χ3v) is 4.72. The molecule has 3 heterocycles. The summed E-state index contributed by atoms with van der Waals surface area (Å²) in [6, 6.07) is 2.62. The highest BCUT2D eigenvalue weighted by molar-refractivity contribution is 7.16. The molecule has 1 saturated heterocycles. The van der Waals surface area contributed by atoms with E-state index in [2.05, 4.69) is 40.6 Å². The Hall–Kier alpha value is -1.40. The lowest BCUT2D eigenvalue weighted by Crippen LogP contribution is -2.37. The van der Waals surface area contributed by atoms with Crippen LogP contribution in [0.25, 0.3) is 10.2 Å². The summed E-state index contributed by atoms with van der Waals surface area (Å²) in [5, 5.41) is 6.54. The van der Waals surface area contributed by atoms with Crippen molar-refractivity contribution in [1.29, 1.82) is 0 Å². The molecule has 0 radical (unpaired) electrons. The number of thiophene rings is 1. The van der Waals surface area contributed by atoms with Gasteiger partial charge in [0.2, 0.25) is 5.95 Å². The Morgan fingerprint density at radius 3 is 2.95 bits per heavy atom. The van der Waals surface area contributed by atoms with E-state index in [0.29, 0.717) is 6.04 Å². The van der Waals surface area contributed by atoms with Crippen LogP contribution >= 0.6 is 11.3 Å². The summed E-state index contributed by atoms with van der Waals surface area (Å²) in [6.45, 7) is 4.73. The van der Waals surface area contributed by atoms with Crippen LogP contribution in [0.3, 0.4) is 0 Å². The second kappa shape index (κ2) is 6.58. The maximum Gasteiger partial charge on any atom is 0.226 e. The fourth-order valence-electron chi connectivity index (χ4n) is 2.67. The maximum atomic E-state index is 5.47. The quantitative estimate of drug-likeness (QED) is 0.919. The van der Waals surface area contributed by atoms with Gasteiger partial charge < -0.3 is 15.0 Å². The number of rotatable bonds is 5. The summed E-state index contributed by atoms with van der Waals surface area (Å²) in [6.07, 6.45) is 3.19. The van der Waals surface area contributed by atoms with E-state index in [9.17, 15) is 0 Å². The Morgan fingerprint density at radius 1 is 1.38 bits per heavy atom. The van der Waals surface area contributed by atoms with Crippen molar-refractivity contribution in [3.63, 3.8) is 0 Å². The van der Waals surface area contributed by atoms with Crippen molar-refractivity contribution in [3.05, 3.63) is 11.4 Å². The van der Waals surface area contributed by atoms with Crippen LogP contribution in [0.2, 0.25) is 0 Å². The largest absolute Gasteiger partial charge is 0.381 e. The van der Waals surface area contributed by atoms with E-state index in [-0.39, 0.29) is 0 Å². The molecule has 0 aliphatic carbocycles. The van der Waals surface area contributed by atoms with Gasteiger partial charge in [0.1, 0.15) is 10.6 Å². The summed E-state index contributed by atoms with van der Waals surface area (Å²) in [7, 11) is 2.14. The summed E-state index contributed by atoms with van der Waals surface area (Å²) >= 11 is 1.67. The topological polar surface area (TPSA) is 50.3 Å². The van der Waals surface area contributed by atoms with Gasteiger partial charge in [0.25, 0.3) is 0 Å². The van der Waals surface area contributed by atoms with Crippen LogP contribution in [0.1, 0.15) is 26.2 Å². The van der Waals surface area contributed by atoms with Gasteiger partial charge >= 0.3 is 0 Å². The smallest absolute Gasteiger partial charge is 0.226 e. The van der Waals surface area contributed by atoms with Gasteiger partial charge in [-0.1, -0.05) is 6.92 Å². The first-order valence-corrected chi connectivity index (χ1v) is 8.47. The number of hydrogen-bond acceptors (Lipinski definition) is 6. The SMILES string of the molecule is CCCNc1nc(N(C)C2CCOCC2)c2ccsc2n1. The van der Waals surface area contributed by atoms with Gasteiger partial charge in [0.05, 0.1) is 5.39 Å². The van der Waals surface area contributed by atoms with Crippen molar-refractivity contribution in [3.8, 4) is 0 Å². The Labute approximate surface area is 129 Å². The summed E-state index contributed by atoms with van der Waals surface area (Å²) in [4.78, 5) is 12.7. The molecule has 0 saturated carbocycles. The minimum Gasteiger partial charge on any atom is -0.381 e. The van der Waals surface area contributed by atoms with Crippen molar-refractivity contribution in [2.45, 2.75) is 32.2 Å². The molecule has 5 nitrogen and oxygen atoms in total. The molecule has 0 aromatic carbocycles. The van der Waals surface area contributed by atoms with E-state index >= 15 is 0 Å². The minimum absolute atomic E-state index is 0.496. The van der Waals surface area contributed by atoms with E-state index in [1.807, 2.05) is 0 Å². The van der Waals surface area contributed by atoms with Crippen LogP contribution in [0.5, 0.6) is 0 Å². The molecule has 3 rings (SSSR count). The maximum absolute atomic E-state index is 5.47. The molecule has 21 heavy (non-hydrogen) atoms.